The first-order valence-corrected chi connectivity index (χ1v) is 10.9. The van der Waals surface area contributed by atoms with Crippen LogP contribution in [0.2, 0.25) is 0 Å². The van der Waals surface area contributed by atoms with Crippen LogP contribution in [-0.4, -0.2) is 46.2 Å². The zero-order valence-electron chi connectivity index (χ0n) is 17.8. The number of piperazine rings is 1. The average Bonchev–Trinajstić information content (AvgIpc) is 3.33. The number of nitrogens with zero attached hydrogens (tertiary/aromatic N) is 4. The maximum Gasteiger partial charge on any atom is 0.247 e. The van der Waals surface area contributed by atoms with Crippen molar-refractivity contribution >= 4 is 0 Å². The molecule has 5 nitrogen and oxygen atoms in total. The molecule has 5 rings (SSSR count). The smallest absolute Gasteiger partial charge is 0.247 e. The summed E-state index contributed by atoms with van der Waals surface area (Å²) in [5, 5.41) is 8.68. The van der Waals surface area contributed by atoms with Crippen molar-refractivity contribution in [3.05, 3.63) is 108 Å². The summed E-state index contributed by atoms with van der Waals surface area (Å²) in [4.78, 5) is 4.80. The summed E-state index contributed by atoms with van der Waals surface area (Å²) in [5.74, 6) is 0.776. The average molecular weight is 429 g/mol. The maximum atomic E-state index is 13.6. The number of hydrogen-bond acceptors (Lipinski definition) is 5. The SMILES string of the molecule is Fc1ccc(C(c2nnc(-c3ccccc3)o2)N2CCN(Cc3ccccc3)CC2)cc1. The molecule has 1 unspecified atom stereocenters. The van der Waals surface area contributed by atoms with E-state index in [1.807, 2.05) is 48.5 Å². The molecule has 0 spiro atoms. The lowest BCUT2D eigenvalue weighted by molar-refractivity contribution is 0.0952. The number of benzene rings is 3. The quantitative estimate of drug-likeness (QED) is 0.442. The molecule has 6 heteroatoms. The van der Waals surface area contributed by atoms with E-state index >= 15 is 0 Å². The fraction of sp³-hybridized carbons (Fsp3) is 0.231. The highest BCUT2D eigenvalue weighted by Crippen LogP contribution is 2.31. The minimum absolute atomic E-state index is 0.209. The third kappa shape index (κ3) is 4.61. The molecular formula is C26H25FN4O. The molecule has 0 bridgehead atoms. The second kappa shape index (κ2) is 9.42. The first-order chi connectivity index (χ1) is 15.8. The lowest BCUT2D eigenvalue weighted by Crippen LogP contribution is -2.47. The van der Waals surface area contributed by atoms with E-state index in [1.54, 1.807) is 0 Å². The van der Waals surface area contributed by atoms with Crippen LogP contribution in [0.25, 0.3) is 11.5 Å². The minimum Gasteiger partial charge on any atom is -0.419 e. The largest absolute Gasteiger partial charge is 0.419 e. The summed E-state index contributed by atoms with van der Waals surface area (Å²) in [6.07, 6.45) is 0. The van der Waals surface area contributed by atoms with Crippen molar-refractivity contribution in [2.45, 2.75) is 12.6 Å². The monoisotopic (exact) mass is 428 g/mol. The normalized spacial score (nSPS) is 16.2. The molecule has 0 N–H and O–H groups in total. The van der Waals surface area contributed by atoms with Crippen LogP contribution in [0.5, 0.6) is 0 Å². The number of halogens is 1. The number of hydrogen-bond donors (Lipinski definition) is 0. The summed E-state index contributed by atoms with van der Waals surface area (Å²) in [7, 11) is 0. The molecule has 1 aliphatic rings. The van der Waals surface area contributed by atoms with Gasteiger partial charge in [-0.05, 0) is 35.4 Å². The van der Waals surface area contributed by atoms with Crippen LogP contribution < -0.4 is 0 Å². The standard InChI is InChI=1S/C26H25FN4O/c27-23-13-11-21(12-14-23)24(26-29-28-25(32-26)22-9-5-2-6-10-22)31-17-15-30(16-18-31)19-20-7-3-1-4-8-20/h1-14,24H,15-19H2. The van der Waals surface area contributed by atoms with Gasteiger partial charge in [-0.1, -0.05) is 60.7 Å². The highest BCUT2D eigenvalue weighted by Gasteiger charge is 2.30. The van der Waals surface area contributed by atoms with E-state index in [-0.39, 0.29) is 11.9 Å². The first kappa shape index (κ1) is 20.5. The van der Waals surface area contributed by atoms with Crippen LogP contribution in [0.4, 0.5) is 4.39 Å². The Kier molecular flexibility index (Phi) is 6.05. The lowest BCUT2D eigenvalue weighted by atomic mass is 10.0. The third-order valence-electron chi connectivity index (χ3n) is 5.90. The van der Waals surface area contributed by atoms with Crippen LogP contribution in [0.3, 0.4) is 0 Å². The second-order valence-electron chi connectivity index (χ2n) is 8.06. The molecule has 4 aromatic rings. The molecule has 0 radical (unpaired) electrons. The number of rotatable bonds is 6. The van der Waals surface area contributed by atoms with Gasteiger partial charge in [0.15, 0.2) is 0 Å². The zero-order chi connectivity index (χ0) is 21.8. The topological polar surface area (TPSA) is 45.4 Å². The third-order valence-corrected chi connectivity index (χ3v) is 5.90. The Bertz CT molecular complexity index is 1120. The van der Waals surface area contributed by atoms with Gasteiger partial charge in [0, 0.05) is 38.3 Å². The summed E-state index contributed by atoms with van der Waals surface area (Å²) in [6, 6.07) is 26.7. The minimum atomic E-state index is -0.254. The van der Waals surface area contributed by atoms with Crippen molar-refractivity contribution in [3.63, 3.8) is 0 Å². The Labute approximate surface area is 187 Å². The van der Waals surface area contributed by atoms with Crippen molar-refractivity contribution in [1.29, 1.82) is 0 Å². The van der Waals surface area contributed by atoms with Gasteiger partial charge in [-0.3, -0.25) is 9.80 Å². The molecule has 1 aliphatic heterocycles. The fourth-order valence-electron chi connectivity index (χ4n) is 4.22. The van der Waals surface area contributed by atoms with Gasteiger partial charge < -0.3 is 4.42 Å². The molecule has 0 aliphatic carbocycles. The van der Waals surface area contributed by atoms with Crippen molar-refractivity contribution in [1.82, 2.24) is 20.0 Å². The van der Waals surface area contributed by atoms with Gasteiger partial charge in [0.25, 0.3) is 0 Å². The second-order valence-corrected chi connectivity index (χ2v) is 8.06. The van der Waals surface area contributed by atoms with Gasteiger partial charge in [0.05, 0.1) is 0 Å². The Balaban J connectivity index is 1.37. The number of aromatic nitrogens is 2. The summed E-state index contributed by atoms with van der Waals surface area (Å²) < 4.78 is 19.7. The van der Waals surface area contributed by atoms with Crippen molar-refractivity contribution in [2.75, 3.05) is 26.2 Å². The Morgan fingerprint density at radius 2 is 1.44 bits per heavy atom. The van der Waals surface area contributed by atoms with E-state index in [9.17, 15) is 4.39 Å². The molecule has 0 saturated carbocycles. The molecule has 32 heavy (non-hydrogen) atoms. The molecule has 1 fully saturated rings. The van der Waals surface area contributed by atoms with Gasteiger partial charge in [0.1, 0.15) is 11.9 Å². The fourth-order valence-corrected chi connectivity index (χ4v) is 4.22. The summed E-state index contributed by atoms with van der Waals surface area (Å²) in [5.41, 5.74) is 3.16. The van der Waals surface area contributed by atoms with E-state index in [0.29, 0.717) is 11.8 Å². The first-order valence-electron chi connectivity index (χ1n) is 10.9. The van der Waals surface area contributed by atoms with Crippen LogP contribution in [0.15, 0.2) is 89.3 Å². The van der Waals surface area contributed by atoms with Crippen molar-refractivity contribution in [3.8, 4) is 11.5 Å². The Morgan fingerprint density at radius 1 is 0.781 bits per heavy atom. The molecule has 3 aromatic carbocycles. The summed E-state index contributed by atoms with van der Waals surface area (Å²) in [6.45, 7) is 4.53. The van der Waals surface area contributed by atoms with Gasteiger partial charge >= 0.3 is 0 Å². The molecule has 1 aromatic heterocycles. The molecule has 1 saturated heterocycles. The molecule has 1 atom stereocenters. The Morgan fingerprint density at radius 3 is 2.12 bits per heavy atom. The highest BCUT2D eigenvalue weighted by molar-refractivity contribution is 5.51. The maximum absolute atomic E-state index is 13.6. The van der Waals surface area contributed by atoms with Crippen LogP contribution in [0, 0.1) is 5.82 Å². The molecule has 2 heterocycles. The van der Waals surface area contributed by atoms with E-state index in [0.717, 1.165) is 43.9 Å². The van der Waals surface area contributed by atoms with E-state index in [1.165, 1.54) is 17.7 Å². The van der Waals surface area contributed by atoms with Gasteiger partial charge in [0.2, 0.25) is 11.8 Å². The zero-order valence-corrected chi connectivity index (χ0v) is 17.8. The van der Waals surface area contributed by atoms with E-state index < -0.39 is 0 Å². The van der Waals surface area contributed by atoms with Crippen molar-refractivity contribution in [2.24, 2.45) is 0 Å². The predicted molar refractivity (Wildman–Crippen MR) is 121 cm³/mol. The van der Waals surface area contributed by atoms with E-state index in [2.05, 4.69) is 44.3 Å². The molecule has 162 valence electrons. The van der Waals surface area contributed by atoms with Gasteiger partial charge in [-0.2, -0.15) is 0 Å². The lowest BCUT2D eigenvalue weighted by Gasteiger charge is -2.38. The van der Waals surface area contributed by atoms with Crippen LogP contribution in [-0.2, 0) is 6.54 Å². The van der Waals surface area contributed by atoms with E-state index in [4.69, 9.17) is 4.42 Å². The van der Waals surface area contributed by atoms with Gasteiger partial charge in [-0.15, -0.1) is 10.2 Å². The molecule has 0 amide bonds. The summed E-state index contributed by atoms with van der Waals surface area (Å²) >= 11 is 0. The van der Waals surface area contributed by atoms with Crippen LogP contribution in [0.1, 0.15) is 23.1 Å². The van der Waals surface area contributed by atoms with Crippen LogP contribution >= 0.6 is 0 Å². The highest BCUT2D eigenvalue weighted by atomic mass is 19.1. The van der Waals surface area contributed by atoms with Gasteiger partial charge in [-0.25, -0.2) is 4.39 Å². The predicted octanol–water partition coefficient (Wildman–Crippen LogP) is 4.78. The molecular weight excluding hydrogens is 403 g/mol. The Hall–Kier alpha value is -3.35. The van der Waals surface area contributed by atoms with Crippen molar-refractivity contribution < 1.29 is 8.81 Å².